The van der Waals surface area contributed by atoms with Gasteiger partial charge in [-0.05, 0) is 43.3 Å². The van der Waals surface area contributed by atoms with Gasteiger partial charge in [0.05, 0.1) is 14.2 Å². The molecule has 0 aliphatic carbocycles. The lowest BCUT2D eigenvalue weighted by molar-refractivity contribution is -0.116. The number of carbonyl (C=O) groups excluding carboxylic acids is 3. The summed E-state index contributed by atoms with van der Waals surface area (Å²) in [6.07, 6.45) is 0. The number of Topliss-reactive ketones (excluding diaryl/α,β-unsaturated/α-hetero) is 1. The fraction of sp³-hybridized carbons (Fsp3) is 0.286. The van der Waals surface area contributed by atoms with Crippen molar-refractivity contribution in [1.82, 2.24) is 5.32 Å². The summed E-state index contributed by atoms with van der Waals surface area (Å²) in [5.41, 5.74) is 1.64. The summed E-state index contributed by atoms with van der Waals surface area (Å²) >= 11 is 0. The third-order valence-electron chi connectivity index (χ3n) is 4.20. The fourth-order valence-corrected chi connectivity index (χ4v) is 2.67. The maximum Gasteiger partial charge on any atom is 0.251 e. The predicted octanol–water partition coefficient (Wildman–Crippen LogP) is 2.69. The summed E-state index contributed by atoms with van der Waals surface area (Å²) in [6, 6.07) is 11.7. The Hall–Kier alpha value is -3.35. The lowest BCUT2D eigenvalue weighted by Gasteiger charge is -2.21. The first-order chi connectivity index (χ1) is 13.3. The highest BCUT2D eigenvalue weighted by molar-refractivity contribution is 5.96. The number of carbonyl (C=O) groups is 3. The van der Waals surface area contributed by atoms with Gasteiger partial charge in [-0.1, -0.05) is 0 Å². The quantitative estimate of drug-likeness (QED) is 0.708. The van der Waals surface area contributed by atoms with Gasteiger partial charge in [-0.25, -0.2) is 0 Å². The van der Waals surface area contributed by atoms with Crippen LogP contribution in [0.5, 0.6) is 11.5 Å². The Morgan fingerprint density at radius 1 is 0.893 bits per heavy atom. The summed E-state index contributed by atoms with van der Waals surface area (Å²) in [5.74, 6) is 0.531. The summed E-state index contributed by atoms with van der Waals surface area (Å²) in [5, 5.41) is 2.79. The van der Waals surface area contributed by atoms with E-state index < -0.39 is 0 Å². The standard InChI is InChI=1S/C21H24N2O5/c1-14(24)16-5-7-18(8-6-16)23(15(2)25)10-9-22-21(26)17-11-19(27-3)13-20(12-17)28-4/h5-8,11-13H,9-10H2,1-4H3,(H,22,26). The van der Waals surface area contributed by atoms with E-state index in [1.165, 1.54) is 33.0 Å². The van der Waals surface area contributed by atoms with Gasteiger partial charge in [-0.2, -0.15) is 0 Å². The molecular weight excluding hydrogens is 360 g/mol. The van der Waals surface area contributed by atoms with Crippen LogP contribution in [0.4, 0.5) is 5.69 Å². The van der Waals surface area contributed by atoms with Gasteiger partial charge < -0.3 is 19.7 Å². The van der Waals surface area contributed by atoms with Crippen LogP contribution in [0.3, 0.4) is 0 Å². The van der Waals surface area contributed by atoms with E-state index in [2.05, 4.69) is 5.32 Å². The number of rotatable bonds is 8. The normalized spacial score (nSPS) is 10.1. The van der Waals surface area contributed by atoms with Crippen LogP contribution in [0, 0.1) is 0 Å². The zero-order chi connectivity index (χ0) is 20.7. The van der Waals surface area contributed by atoms with E-state index in [1.807, 2.05) is 0 Å². The third-order valence-corrected chi connectivity index (χ3v) is 4.20. The van der Waals surface area contributed by atoms with Crippen LogP contribution in [0.2, 0.25) is 0 Å². The average molecular weight is 384 g/mol. The second-order valence-electron chi connectivity index (χ2n) is 6.13. The van der Waals surface area contributed by atoms with Gasteiger partial charge in [0.1, 0.15) is 11.5 Å². The molecule has 0 spiro atoms. The molecule has 2 aromatic rings. The van der Waals surface area contributed by atoms with E-state index in [4.69, 9.17) is 9.47 Å². The molecule has 0 aliphatic rings. The molecule has 0 saturated heterocycles. The van der Waals surface area contributed by atoms with Gasteiger partial charge in [-0.15, -0.1) is 0 Å². The summed E-state index contributed by atoms with van der Waals surface area (Å²) < 4.78 is 10.3. The molecule has 148 valence electrons. The minimum absolute atomic E-state index is 0.0399. The van der Waals surface area contributed by atoms with Gasteiger partial charge in [0.2, 0.25) is 5.91 Å². The van der Waals surface area contributed by atoms with Crippen LogP contribution < -0.4 is 19.7 Å². The highest BCUT2D eigenvalue weighted by atomic mass is 16.5. The van der Waals surface area contributed by atoms with Crippen molar-refractivity contribution in [3.63, 3.8) is 0 Å². The van der Waals surface area contributed by atoms with E-state index in [1.54, 1.807) is 42.5 Å². The van der Waals surface area contributed by atoms with E-state index in [-0.39, 0.29) is 24.1 Å². The number of anilines is 1. The summed E-state index contributed by atoms with van der Waals surface area (Å²) in [6.45, 7) is 3.49. The predicted molar refractivity (Wildman–Crippen MR) is 106 cm³/mol. The highest BCUT2D eigenvalue weighted by Crippen LogP contribution is 2.22. The van der Waals surface area contributed by atoms with Crippen molar-refractivity contribution >= 4 is 23.3 Å². The smallest absolute Gasteiger partial charge is 0.251 e. The number of nitrogens with zero attached hydrogens (tertiary/aromatic N) is 1. The van der Waals surface area contributed by atoms with E-state index in [9.17, 15) is 14.4 Å². The van der Waals surface area contributed by atoms with Crippen molar-refractivity contribution in [2.75, 3.05) is 32.2 Å². The molecule has 28 heavy (non-hydrogen) atoms. The molecule has 2 aromatic carbocycles. The molecule has 0 aliphatic heterocycles. The second kappa shape index (κ2) is 9.55. The third kappa shape index (κ3) is 5.33. The molecule has 7 nitrogen and oxygen atoms in total. The fourth-order valence-electron chi connectivity index (χ4n) is 2.67. The van der Waals surface area contributed by atoms with Gasteiger partial charge in [0.25, 0.3) is 5.91 Å². The molecule has 7 heteroatoms. The second-order valence-corrected chi connectivity index (χ2v) is 6.13. The molecule has 0 heterocycles. The maximum absolute atomic E-state index is 12.4. The number of amides is 2. The number of nitrogens with one attached hydrogen (secondary N) is 1. The Balaban J connectivity index is 2.03. The van der Waals surface area contributed by atoms with Crippen molar-refractivity contribution in [3.05, 3.63) is 53.6 Å². The van der Waals surface area contributed by atoms with Crippen molar-refractivity contribution in [3.8, 4) is 11.5 Å². The molecule has 0 atom stereocenters. The van der Waals surface area contributed by atoms with Crippen LogP contribution in [0.1, 0.15) is 34.6 Å². The Morgan fingerprint density at radius 2 is 1.46 bits per heavy atom. The number of hydrogen-bond donors (Lipinski definition) is 1. The number of ketones is 1. The highest BCUT2D eigenvalue weighted by Gasteiger charge is 2.14. The van der Waals surface area contributed by atoms with Crippen LogP contribution in [-0.4, -0.2) is 44.9 Å². The zero-order valence-corrected chi connectivity index (χ0v) is 16.4. The van der Waals surface area contributed by atoms with Gasteiger partial charge in [0, 0.05) is 42.9 Å². The molecule has 0 unspecified atom stereocenters. The van der Waals surface area contributed by atoms with E-state index >= 15 is 0 Å². The summed E-state index contributed by atoms with van der Waals surface area (Å²) in [7, 11) is 3.02. The van der Waals surface area contributed by atoms with Gasteiger partial charge >= 0.3 is 0 Å². The number of benzene rings is 2. The molecule has 0 saturated carbocycles. The summed E-state index contributed by atoms with van der Waals surface area (Å²) in [4.78, 5) is 37.3. The molecule has 0 fully saturated rings. The number of hydrogen-bond acceptors (Lipinski definition) is 5. The number of ether oxygens (including phenoxy) is 2. The van der Waals surface area contributed by atoms with Crippen molar-refractivity contribution in [2.24, 2.45) is 0 Å². The van der Waals surface area contributed by atoms with Crippen LogP contribution >= 0.6 is 0 Å². The minimum atomic E-state index is -0.298. The van der Waals surface area contributed by atoms with Crippen LogP contribution in [0.25, 0.3) is 0 Å². The van der Waals surface area contributed by atoms with Crippen molar-refractivity contribution in [2.45, 2.75) is 13.8 Å². The first kappa shape index (κ1) is 21.0. The topological polar surface area (TPSA) is 84.9 Å². The monoisotopic (exact) mass is 384 g/mol. The van der Waals surface area contributed by atoms with Crippen molar-refractivity contribution < 1.29 is 23.9 Å². The van der Waals surface area contributed by atoms with Crippen LogP contribution in [-0.2, 0) is 4.79 Å². The van der Waals surface area contributed by atoms with Gasteiger partial charge in [0.15, 0.2) is 5.78 Å². The Labute approximate surface area is 164 Å². The number of methoxy groups -OCH3 is 2. The Bertz CT molecular complexity index is 839. The molecule has 2 rings (SSSR count). The molecule has 0 aromatic heterocycles. The Kier molecular flexibility index (Phi) is 7.14. The Morgan fingerprint density at radius 3 is 1.93 bits per heavy atom. The first-order valence-corrected chi connectivity index (χ1v) is 8.76. The first-order valence-electron chi connectivity index (χ1n) is 8.76. The molecular formula is C21H24N2O5. The SMILES string of the molecule is COc1cc(OC)cc(C(=O)NCCN(C(C)=O)c2ccc(C(C)=O)cc2)c1. The lowest BCUT2D eigenvalue weighted by atomic mass is 10.1. The van der Waals surface area contributed by atoms with Crippen molar-refractivity contribution in [1.29, 1.82) is 0 Å². The molecule has 2 amide bonds. The molecule has 0 bridgehead atoms. The minimum Gasteiger partial charge on any atom is -0.497 e. The molecule has 0 radical (unpaired) electrons. The van der Waals surface area contributed by atoms with Gasteiger partial charge in [-0.3, -0.25) is 14.4 Å². The maximum atomic E-state index is 12.4. The van der Waals surface area contributed by atoms with E-state index in [0.717, 1.165) is 0 Å². The molecule has 1 N–H and O–H groups in total. The lowest BCUT2D eigenvalue weighted by Crippen LogP contribution is -2.37. The van der Waals surface area contributed by atoms with E-state index in [0.29, 0.717) is 34.9 Å². The zero-order valence-electron chi connectivity index (χ0n) is 16.4. The van der Waals surface area contributed by atoms with Crippen LogP contribution in [0.15, 0.2) is 42.5 Å². The largest absolute Gasteiger partial charge is 0.497 e. The average Bonchev–Trinajstić information content (AvgIpc) is 2.70.